The molecule has 2 fully saturated rings. The summed E-state index contributed by atoms with van der Waals surface area (Å²) in [5, 5.41) is 2.79. The zero-order valence-corrected chi connectivity index (χ0v) is 25.9. The lowest BCUT2D eigenvalue weighted by atomic mass is 9.67. The third-order valence-corrected chi connectivity index (χ3v) is 10.8. The zero-order chi connectivity index (χ0) is 29.3. The molecule has 7 rings (SSSR count). The minimum atomic E-state index is 0.127. The van der Waals surface area contributed by atoms with E-state index in [9.17, 15) is 0 Å². The second-order valence-electron chi connectivity index (χ2n) is 13.1. The molecule has 0 saturated heterocycles. The Morgan fingerprint density at radius 3 is 2.05 bits per heavy atom. The number of nitrogens with zero attached hydrogens (tertiary/aromatic N) is 2. The Kier molecular flexibility index (Phi) is 7.55. The predicted octanol–water partition coefficient (Wildman–Crippen LogP) is 10.2. The van der Waals surface area contributed by atoms with Gasteiger partial charge in [-0.1, -0.05) is 130 Å². The number of fused-ring (bicyclic) bond motifs is 6. The van der Waals surface area contributed by atoms with Gasteiger partial charge in [0.1, 0.15) is 7.05 Å². The molecule has 0 unspecified atom stereocenters. The second kappa shape index (κ2) is 11.6. The highest BCUT2D eigenvalue weighted by atomic mass is 15.2. The Morgan fingerprint density at radius 2 is 1.28 bits per heavy atom. The first-order valence-electron chi connectivity index (χ1n) is 16.5. The van der Waals surface area contributed by atoms with Crippen LogP contribution in [-0.2, 0) is 10.8 Å². The molecule has 2 saturated carbocycles. The molecule has 2 spiro atoms. The van der Waals surface area contributed by atoms with Gasteiger partial charge in [0.25, 0.3) is 0 Å². The van der Waals surface area contributed by atoms with Crippen molar-refractivity contribution < 1.29 is 4.58 Å². The molecular formula is C41H45N2+. The quantitative estimate of drug-likeness (QED) is 0.220. The second-order valence-corrected chi connectivity index (χ2v) is 13.1. The van der Waals surface area contributed by atoms with E-state index in [1.165, 1.54) is 103 Å². The fourth-order valence-electron chi connectivity index (χ4n) is 8.88. The highest BCUT2D eigenvalue weighted by Gasteiger charge is 2.50. The first-order valence-corrected chi connectivity index (χ1v) is 16.5. The smallest absolute Gasteiger partial charge is 0.209 e. The monoisotopic (exact) mass is 565 g/mol. The third-order valence-electron chi connectivity index (χ3n) is 10.8. The molecule has 2 aliphatic heterocycles. The molecule has 0 N–H and O–H groups in total. The normalized spacial score (nSPS) is 22.1. The van der Waals surface area contributed by atoms with Crippen LogP contribution in [0.3, 0.4) is 0 Å². The molecule has 2 heteroatoms. The standard InChI is InChI=1S/C41H45N2/c1-42-35-23-15-14-22-34(35)40(28-16-8-17-29-40)37(42)24-10-6-4-3-5-7-11-25-38-41(30-18-9-19-31-41)39-33-21-13-12-20-32(33)26-27-36(39)43(38)2/h3-7,10-15,20-27H,8-9,16-19,28-31H2,1-2H3/q+1. The Balaban J connectivity index is 1.07. The van der Waals surface area contributed by atoms with Crippen molar-refractivity contribution in [2.45, 2.75) is 75.0 Å². The zero-order valence-electron chi connectivity index (χ0n) is 25.9. The van der Waals surface area contributed by atoms with Crippen LogP contribution in [0.5, 0.6) is 0 Å². The van der Waals surface area contributed by atoms with E-state index in [1.54, 1.807) is 5.56 Å². The van der Waals surface area contributed by atoms with Crippen molar-refractivity contribution in [3.05, 3.63) is 132 Å². The Hall–Kier alpha value is -3.91. The molecule has 3 aromatic carbocycles. The van der Waals surface area contributed by atoms with E-state index < -0.39 is 0 Å². The molecule has 0 amide bonds. The van der Waals surface area contributed by atoms with Gasteiger partial charge in [-0.15, -0.1) is 0 Å². The summed E-state index contributed by atoms with van der Waals surface area (Å²) in [6.45, 7) is 0. The summed E-state index contributed by atoms with van der Waals surface area (Å²) in [6, 6.07) is 22.6. The molecule has 2 aliphatic carbocycles. The van der Waals surface area contributed by atoms with Crippen molar-refractivity contribution >= 4 is 27.9 Å². The van der Waals surface area contributed by atoms with Gasteiger partial charge in [-0.05, 0) is 54.2 Å². The van der Waals surface area contributed by atoms with Gasteiger partial charge in [-0.25, -0.2) is 0 Å². The van der Waals surface area contributed by atoms with Crippen molar-refractivity contribution in [2.75, 3.05) is 19.0 Å². The van der Waals surface area contributed by atoms with Crippen molar-refractivity contribution in [1.82, 2.24) is 0 Å². The molecule has 218 valence electrons. The predicted molar refractivity (Wildman–Crippen MR) is 184 cm³/mol. The number of hydrogen-bond donors (Lipinski definition) is 0. The number of allylic oxidation sites excluding steroid dienone is 10. The average molecular weight is 566 g/mol. The van der Waals surface area contributed by atoms with Gasteiger partial charge in [-0.3, -0.25) is 0 Å². The molecule has 2 nitrogen and oxygen atoms in total. The molecule has 0 aromatic heterocycles. The minimum absolute atomic E-state index is 0.127. The van der Waals surface area contributed by atoms with Gasteiger partial charge in [0.15, 0.2) is 5.71 Å². The maximum atomic E-state index is 2.46. The van der Waals surface area contributed by atoms with Gasteiger partial charge < -0.3 is 4.90 Å². The van der Waals surface area contributed by atoms with E-state index in [2.05, 4.69) is 139 Å². The van der Waals surface area contributed by atoms with E-state index in [-0.39, 0.29) is 10.8 Å². The van der Waals surface area contributed by atoms with Gasteiger partial charge in [0.2, 0.25) is 5.69 Å². The van der Waals surface area contributed by atoms with Crippen molar-refractivity contribution in [3.8, 4) is 0 Å². The molecule has 0 bridgehead atoms. The van der Waals surface area contributed by atoms with Gasteiger partial charge >= 0.3 is 0 Å². The van der Waals surface area contributed by atoms with E-state index >= 15 is 0 Å². The summed E-state index contributed by atoms with van der Waals surface area (Å²) in [7, 11) is 4.50. The van der Waals surface area contributed by atoms with E-state index in [0.29, 0.717) is 0 Å². The van der Waals surface area contributed by atoms with Crippen LogP contribution in [0, 0.1) is 0 Å². The summed E-state index contributed by atoms with van der Waals surface area (Å²) < 4.78 is 2.43. The van der Waals surface area contributed by atoms with Crippen molar-refractivity contribution in [1.29, 1.82) is 0 Å². The topological polar surface area (TPSA) is 6.25 Å². The maximum absolute atomic E-state index is 2.46. The highest BCUT2D eigenvalue weighted by molar-refractivity contribution is 6.04. The lowest BCUT2D eigenvalue weighted by molar-refractivity contribution is -0.401. The molecule has 0 atom stereocenters. The van der Waals surface area contributed by atoms with Gasteiger partial charge in [0.05, 0.1) is 5.41 Å². The summed E-state index contributed by atoms with van der Waals surface area (Å²) in [5.74, 6) is 0. The Bertz CT molecular complexity index is 1700. The Morgan fingerprint density at radius 1 is 0.651 bits per heavy atom. The highest BCUT2D eigenvalue weighted by Crippen LogP contribution is 2.57. The van der Waals surface area contributed by atoms with Crippen LogP contribution in [0.2, 0.25) is 0 Å². The molecular weight excluding hydrogens is 520 g/mol. The van der Waals surface area contributed by atoms with Gasteiger partial charge in [-0.2, -0.15) is 4.58 Å². The summed E-state index contributed by atoms with van der Waals surface area (Å²) in [6.07, 6.45) is 33.0. The summed E-state index contributed by atoms with van der Waals surface area (Å²) in [4.78, 5) is 2.46. The van der Waals surface area contributed by atoms with Crippen LogP contribution in [0.4, 0.5) is 11.4 Å². The number of likely N-dealkylation sites (N-methyl/N-ethyl adjacent to an activating group) is 1. The Labute approximate surface area is 258 Å². The van der Waals surface area contributed by atoms with Crippen LogP contribution in [-0.4, -0.2) is 24.4 Å². The van der Waals surface area contributed by atoms with Crippen molar-refractivity contribution in [3.63, 3.8) is 0 Å². The van der Waals surface area contributed by atoms with E-state index in [1.807, 2.05) is 0 Å². The minimum Gasteiger partial charge on any atom is -0.347 e. The van der Waals surface area contributed by atoms with Crippen molar-refractivity contribution in [2.24, 2.45) is 0 Å². The number of hydrogen-bond acceptors (Lipinski definition) is 1. The van der Waals surface area contributed by atoms with Crippen LogP contribution >= 0.6 is 0 Å². The number of para-hydroxylation sites is 1. The molecule has 2 heterocycles. The first kappa shape index (κ1) is 27.9. The fourth-order valence-corrected chi connectivity index (χ4v) is 8.88. The molecule has 3 aromatic rings. The number of anilines is 1. The first-order chi connectivity index (χ1) is 21.2. The van der Waals surface area contributed by atoms with E-state index in [0.717, 1.165) is 0 Å². The molecule has 4 aliphatic rings. The largest absolute Gasteiger partial charge is 0.347 e. The van der Waals surface area contributed by atoms with Crippen LogP contribution in [0.25, 0.3) is 10.8 Å². The van der Waals surface area contributed by atoms with E-state index in [4.69, 9.17) is 0 Å². The number of rotatable bonds is 5. The lowest BCUT2D eigenvalue weighted by Crippen LogP contribution is -2.36. The summed E-state index contributed by atoms with van der Waals surface area (Å²) >= 11 is 0. The van der Waals surface area contributed by atoms with Crippen LogP contribution < -0.4 is 4.90 Å². The maximum Gasteiger partial charge on any atom is 0.209 e. The lowest BCUT2D eigenvalue weighted by Gasteiger charge is -2.36. The number of benzene rings is 3. The SMILES string of the molecule is CN1/C(=C/C=C/C=C/C=C/C=C/C2=[N+](C)c3ccccc3C23CCCCC3)C2(CCCCC2)c2c1ccc1ccccc21. The van der Waals surface area contributed by atoms with Crippen LogP contribution in [0.1, 0.15) is 75.3 Å². The summed E-state index contributed by atoms with van der Waals surface area (Å²) in [5.41, 5.74) is 9.08. The van der Waals surface area contributed by atoms with Crippen LogP contribution in [0.15, 0.2) is 121 Å². The fraction of sp³-hybridized carbons (Fsp3) is 0.341. The molecule has 43 heavy (non-hydrogen) atoms. The average Bonchev–Trinajstić information content (AvgIpc) is 3.41. The third kappa shape index (κ3) is 4.67. The van der Waals surface area contributed by atoms with Gasteiger partial charge in [0, 0.05) is 41.6 Å². The molecule has 0 radical (unpaired) electrons.